The van der Waals surface area contributed by atoms with Gasteiger partial charge in [0.2, 0.25) is 5.91 Å². The van der Waals surface area contributed by atoms with E-state index in [1.165, 1.54) is 24.2 Å². The Balaban J connectivity index is 1.39. The average Bonchev–Trinajstić information content (AvgIpc) is 2.76. The third-order valence-corrected chi connectivity index (χ3v) is 5.35. The smallest absolute Gasteiger partial charge is 0.268 e. The van der Waals surface area contributed by atoms with Gasteiger partial charge in [0.15, 0.2) is 6.10 Å². The fourth-order valence-corrected chi connectivity index (χ4v) is 3.79. The van der Waals surface area contributed by atoms with E-state index in [1.807, 2.05) is 30.3 Å². The minimum absolute atomic E-state index is 0.0341. The molecule has 7 heteroatoms. The first-order valence-corrected chi connectivity index (χ1v) is 10.2. The zero-order valence-corrected chi connectivity index (χ0v) is 16.6. The largest absolute Gasteiger partial charge is 0.479 e. The first-order valence-electron chi connectivity index (χ1n) is 10.2. The molecule has 1 aromatic heterocycles. The van der Waals surface area contributed by atoms with Crippen molar-refractivity contribution in [3.8, 4) is 5.75 Å². The van der Waals surface area contributed by atoms with Gasteiger partial charge in [-0.3, -0.25) is 14.5 Å². The van der Waals surface area contributed by atoms with Gasteiger partial charge in [0.05, 0.1) is 5.69 Å². The Morgan fingerprint density at radius 3 is 2.83 bits per heavy atom. The lowest BCUT2D eigenvalue weighted by atomic mass is 10.1. The predicted molar refractivity (Wildman–Crippen MR) is 111 cm³/mol. The third kappa shape index (κ3) is 4.34. The summed E-state index contributed by atoms with van der Waals surface area (Å²) >= 11 is 0. The molecule has 1 aromatic carbocycles. The number of nitrogens with one attached hydrogen (secondary N) is 1. The van der Waals surface area contributed by atoms with Crippen molar-refractivity contribution in [3.63, 3.8) is 0 Å². The number of para-hydroxylation sites is 2. The van der Waals surface area contributed by atoms with Gasteiger partial charge in [-0.1, -0.05) is 12.1 Å². The molecule has 7 nitrogen and oxygen atoms in total. The third-order valence-electron chi connectivity index (χ3n) is 5.35. The quantitative estimate of drug-likeness (QED) is 0.843. The second-order valence-electron chi connectivity index (χ2n) is 7.50. The van der Waals surface area contributed by atoms with E-state index in [1.54, 1.807) is 19.2 Å². The van der Waals surface area contributed by atoms with Gasteiger partial charge in [0, 0.05) is 25.8 Å². The van der Waals surface area contributed by atoms with Crippen molar-refractivity contribution in [1.82, 2.24) is 10.3 Å². The SMILES string of the molecule is CC1Oc2ccccc2N(CC(=O)NCc2ccnc(N3CCCCC3)c2)C1=O. The van der Waals surface area contributed by atoms with Gasteiger partial charge < -0.3 is 15.0 Å². The zero-order valence-electron chi connectivity index (χ0n) is 16.6. The van der Waals surface area contributed by atoms with E-state index in [0.29, 0.717) is 18.0 Å². The molecule has 1 atom stereocenters. The molecule has 29 heavy (non-hydrogen) atoms. The molecule has 1 saturated heterocycles. The summed E-state index contributed by atoms with van der Waals surface area (Å²) in [5.74, 6) is 1.16. The van der Waals surface area contributed by atoms with Crippen LogP contribution in [0.4, 0.5) is 11.5 Å². The molecule has 0 aliphatic carbocycles. The summed E-state index contributed by atoms with van der Waals surface area (Å²) in [4.78, 5) is 33.3. The van der Waals surface area contributed by atoms with E-state index in [0.717, 1.165) is 24.5 Å². The standard InChI is InChI=1S/C22H26N4O3/c1-16-22(28)26(18-7-3-4-8-19(18)29-16)15-21(27)24-14-17-9-10-23-20(13-17)25-11-5-2-6-12-25/h3-4,7-10,13,16H,2,5-6,11-12,14-15H2,1H3,(H,24,27). The molecular formula is C22H26N4O3. The van der Waals surface area contributed by atoms with Crippen LogP contribution in [0.2, 0.25) is 0 Å². The van der Waals surface area contributed by atoms with Crippen LogP contribution in [-0.4, -0.2) is 42.5 Å². The number of carbonyl (C=O) groups excluding carboxylic acids is 2. The molecule has 1 N–H and O–H groups in total. The van der Waals surface area contributed by atoms with Crippen LogP contribution in [0.15, 0.2) is 42.6 Å². The first kappa shape index (κ1) is 19.2. The van der Waals surface area contributed by atoms with Crippen molar-refractivity contribution < 1.29 is 14.3 Å². The Kier molecular flexibility index (Phi) is 5.64. The number of aromatic nitrogens is 1. The van der Waals surface area contributed by atoms with Gasteiger partial charge in [-0.25, -0.2) is 4.98 Å². The highest BCUT2D eigenvalue weighted by Gasteiger charge is 2.32. The minimum Gasteiger partial charge on any atom is -0.479 e. The summed E-state index contributed by atoms with van der Waals surface area (Å²) in [6.45, 7) is 4.12. The van der Waals surface area contributed by atoms with Crippen LogP contribution in [0.3, 0.4) is 0 Å². The monoisotopic (exact) mass is 394 g/mol. The summed E-state index contributed by atoms with van der Waals surface area (Å²) in [5.41, 5.74) is 1.62. The van der Waals surface area contributed by atoms with Crippen molar-refractivity contribution in [3.05, 3.63) is 48.2 Å². The number of hydrogen-bond donors (Lipinski definition) is 1. The molecule has 0 spiro atoms. The molecular weight excluding hydrogens is 368 g/mol. The number of rotatable bonds is 5. The van der Waals surface area contributed by atoms with Crippen molar-refractivity contribution in [2.75, 3.05) is 29.4 Å². The van der Waals surface area contributed by atoms with Gasteiger partial charge in [-0.15, -0.1) is 0 Å². The Labute approximate surface area is 170 Å². The number of pyridine rings is 1. The molecule has 1 unspecified atom stereocenters. The number of amides is 2. The first-order chi connectivity index (χ1) is 14.1. The van der Waals surface area contributed by atoms with E-state index >= 15 is 0 Å². The Bertz CT molecular complexity index is 895. The van der Waals surface area contributed by atoms with Gasteiger partial charge >= 0.3 is 0 Å². The topological polar surface area (TPSA) is 74.8 Å². The maximum absolute atomic E-state index is 12.6. The molecule has 2 aliphatic heterocycles. The van der Waals surface area contributed by atoms with Crippen LogP contribution < -0.4 is 19.9 Å². The second kappa shape index (κ2) is 8.51. The molecule has 4 rings (SSSR count). The van der Waals surface area contributed by atoms with Crippen LogP contribution in [0.1, 0.15) is 31.7 Å². The number of anilines is 2. The van der Waals surface area contributed by atoms with Crippen LogP contribution in [0, 0.1) is 0 Å². The van der Waals surface area contributed by atoms with E-state index in [9.17, 15) is 9.59 Å². The maximum atomic E-state index is 12.6. The van der Waals surface area contributed by atoms with E-state index in [4.69, 9.17) is 4.74 Å². The van der Waals surface area contributed by atoms with Crippen LogP contribution in [0.25, 0.3) is 0 Å². The Morgan fingerprint density at radius 2 is 2.00 bits per heavy atom. The fourth-order valence-electron chi connectivity index (χ4n) is 3.79. The fraction of sp³-hybridized carbons (Fsp3) is 0.409. The molecule has 2 aliphatic rings. The number of nitrogens with zero attached hydrogens (tertiary/aromatic N) is 3. The summed E-state index contributed by atoms with van der Waals surface area (Å²) in [6, 6.07) is 11.2. The summed E-state index contributed by atoms with van der Waals surface area (Å²) in [6.07, 6.45) is 4.83. The van der Waals surface area contributed by atoms with Crippen LogP contribution in [-0.2, 0) is 16.1 Å². The van der Waals surface area contributed by atoms with Crippen molar-refractivity contribution >= 4 is 23.3 Å². The Hall–Kier alpha value is -3.09. The molecule has 0 saturated carbocycles. The normalized spacial score (nSPS) is 18.8. The highest BCUT2D eigenvalue weighted by molar-refractivity contribution is 6.03. The number of hydrogen-bond acceptors (Lipinski definition) is 5. The summed E-state index contributed by atoms with van der Waals surface area (Å²) in [5, 5.41) is 2.92. The molecule has 152 valence electrons. The van der Waals surface area contributed by atoms with E-state index in [2.05, 4.69) is 15.2 Å². The van der Waals surface area contributed by atoms with Gasteiger partial charge in [0.1, 0.15) is 18.1 Å². The maximum Gasteiger partial charge on any atom is 0.268 e. The highest BCUT2D eigenvalue weighted by atomic mass is 16.5. The van der Waals surface area contributed by atoms with Crippen molar-refractivity contribution in [2.24, 2.45) is 0 Å². The second-order valence-corrected chi connectivity index (χ2v) is 7.50. The number of piperidine rings is 1. The number of fused-ring (bicyclic) bond motifs is 1. The Morgan fingerprint density at radius 1 is 1.21 bits per heavy atom. The number of carbonyl (C=O) groups is 2. The lowest BCUT2D eigenvalue weighted by Gasteiger charge is -2.32. The lowest BCUT2D eigenvalue weighted by Crippen LogP contribution is -2.48. The van der Waals surface area contributed by atoms with Crippen LogP contribution >= 0.6 is 0 Å². The summed E-state index contributed by atoms with van der Waals surface area (Å²) < 4.78 is 5.62. The molecule has 0 radical (unpaired) electrons. The zero-order chi connectivity index (χ0) is 20.2. The number of ether oxygens (including phenoxy) is 1. The molecule has 3 heterocycles. The van der Waals surface area contributed by atoms with E-state index in [-0.39, 0.29) is 18.4 Å². The summed E-state index contributed by atoms with van der Waals surface area (Å²) in [7, 11) is 0. The van der Waals surface area contributed by atoms with E-state index < -0.39 is 6.10 Å². The lowest BCUT2D eigenvalue weighted by molar-refractivity contribution is -0.128. The van der Waals surface area contributed by atoms with Crippen molar-refractivity contribution in [1.29, 1.82) is 0 Å². The minimum atomic E-state index is -0.606. The molecule has 1 fully saturated rings. The highest BCUT2D eigenvalue weighted by Crippen LogP contribution is 2.33. The molecule has 0 bridgehead atoms. The van der Waals surface area contributed by atoms with Gasteiger partial charge in [0.25, 0.3) is 5.91 Å². The predicted octanol–water partition coefficient (Wildman–Crippen LogP) is 2.50. The average molecular weight is 394 g/mol. The number of benzene rings is 1. The van der Waals surface area contributed by atoms with Crippen LogP contribution in [0.5, 0.6) is 5.75 Å². The molecule has 2 amide bonds. The molecule has 2 aromatic rings. The van der Waals surface area contributed by atoms with Gasteiger partial charge in [-0.2, -0.15) is 0 Å². The van der Waals surface area contributed by atoms with Gasteiger partial charge in [-0.05, 0) is 56.0 Å². The van der Waals surface area contributed by atoms with Crippen molar-refractivity contribution in [2.45, 2.75) is 38.8 Å².